The number of aromatic hydroxyl groups is 2. The minimum Gasteiger partial charge on any atom is -0.504 e. The Balaban J connectivity index is 3.43. The summed E-state index contributed by atoms with van der Waals surface area (Å²) in [4.78, 5) is 20.5. The Labute approximate surface area is 78.6 Å². The van der Waals surface area contributed by atoms with Crippen LogP contribution in [0.2, 0.25) is 0 Å². The number of ketones is 1. The van der Waals surface area contributed by atoms with Crippen LogP contribution in [0, 0.1) is 10.1 Å². The maximum Gasteiger partial charge on any atom is 0.274 e. The van der Waals surface area contributed by atoms with Crippen molar-refractivity contribution in [3.05, 3.63) is 27.8 Å². The molecule has 0 aliphatic heterocycles. The van der Waals surface area contributed by atoms with Gasteiger partial charge in [-0.3, -0.25) is 14.9 Å². The van der Waals surface area contributed by atoms with Crippen molar-refractivity contribution < 1.29 is 19.9 Å². The third-order valence-electron chi connectivity index (χ3n) is 1.66. The molecule has 1 aromatic rings. The number of hydrogen-bond donors (Lipinski definition) is 2. The molecule has 0 radical (unpaired) electrons. The Hall–Kier alpha value is -2.11. The van der Waals surface area contributed by atoms with E-state index in [2.05, 4.69) is 0 Å². The number of benzene rings is 1. The normalized spacial score (nSPS) is 9.79. The van der Waals surface area contributed by atoms with E-state index in [1.165, 1.54) is 0 Å². The van der Waals surface area contributed by atoms with Gasteiger partial charge < -0.3 is 10.2 Å². The average Bonchev–Trinajstić information content (AvgIpc) is 2.08. The summed E-state index contributed by atoms with van der Waals surface area (Å²) in [6, 6.07) is 1.69. The van der Waals surface area contributed by atoms with Gasteiger partial charge in [0.05, 0.1) is 16.6 Å². The van der Waals surface area contributed by atoms with Gasteiger partial charge in [0.1, 0.15) is 0 Å². The standard InChI is InChI=1S/C8H7NO5/c1-4(10)6-2-5(9(13)14)3-7(11)8(6)12/h2-3,11-12H,1H3. The van der Waals surface area contributed by atoms with Crippen molar-refractivity contribution in [1.82, 2.24) is 0 Å². The highest BCUT2D eigenvalue weighted by atomic mass is 16.6. The van der Waals surface area contributed by atoms with Crippen LogP contribution in [-0.2, 0) is 0 Å². The molecule has 0 spiro atoms. The monoisotopic (exact) mass is 197 g/mol. The third kappa shape index (κ3) is 1.63. The van der Waals surface area contributed by atoms with E-state index in [0.717, 1.165) is 19.1 Å². The van der Waals surface area contributed by atoms with Crippen LogP contribution >= 0.6 is 0 Å². The number of non-ortho nitro benzene ring substituents is 1. The summed E-state index contributed by atoms with van der Waals surface area (Å²) in [5.74, 6) is -1.87. The van der Waals surface area contributed by atoms with Crippen LogP contribution in [0.3, 0.4) is 0 Å². The van der Waals surface area contributed by atoms with E-state index in [1.54, 1.807) is 0 Å². The number of hydrogen-bond acceptors (Lipinski definition) is 5. The first kappa shape index (κ1) is 9.97. The first-order valence-electron chi connectivity index (χ1n) is 3.64. The SMILES string of the molecule is CC(=O)c1cc([N+](=O)[O-])cc(O)c1O. The van der Waals surface area contributed by atoms with Crippen molar-refractivity contribution >= 4 is 11.5 Å². The lowest BCUT2D eigenvalue weighted by molar-refractivity contribution is -0.385. The third-order valence-corrected chi connectivity index (χ3v) is 1.66. The Morgan fingerprint density at radius 2 is 2.00 bits per heavy atom. The summed E-state index contributed by atoms with van der Waals surface area (Å²) < 4.78 is 0. The average molecular weight is 197 g/mol. The summed E-state index contributed by atoms with van der Waals surface area (Å²) in [5.41, 5.74) is -0.706. The smallest absolute Gasteiger partial charge is 0.274 e. The van der Waals surface area contributed by atoms with Gasteiger partial charge in [-0.25, -0.2) is 0 Å². The van der Waals surface area contributed by atoms with Crippen LogP contribution in [0.15, 0.2) is 12.1 Å². The highest BCUT2D eigenvalue weighted by Crippen LogP contribution is 2.33. The number of carbonyl (C=O) groups is 1. The number of nitro benzene ring substituents is 1. The molecule has 0 unspecified atom stereocenters. The summed E-state index contributed by atoms with van der Waals surface area (Å²) >= 11 is 0. The zero-order chi connectivity index (χ0) is 10.9. The lowest BCUT2D eigenvalue weighted by Crippen LogP contribution is -1.96. The summed E-state index contributed by atoms with van der Waals surface area (Å²) in [6.45, 7) is 1.14. The van der Waals surface area contributed by atoms with Gasteiger partial charge in [0, 0.05) is 6.07 Å². The van der Waals surface area contributed by atoms with E-state index >= 15 is 0 Å². The van der Waals surface area contributed by atoms with E-state index in [4.69, 9.17) is 5.11 Å². The van der Waals surface area contributed by atoms with Crippen LogP contribution < -0.4 is 0 Å². The number of Topliss-reactive ketones (excluding diaryl/α,β-unsaturated/α-hetero) is 1. The molecule has 0 saturated heterocycles. The van der Waals surface area contributed by atoms with Gasteiger partial charge in [-0.05, 0) is 6.92 Å². The molecular formula is C8H7NO5. The van der Waals surface area contributed by atoms with Gasteiger partial charge in [0.15, 0.2) is 17.3 Å². The second-order valence-corrected chi connectivity index (χ2v) is 2.67. The minimum absolute atomic E-state index is 0.267. The molecule has 1 rings (SSSR count). The fourth-order valence-corrected chi connectivity index (χ4v) is 0.978. The molecule has 14 heavy (non-hydrogen) atoms. The van der Waals surface area contributed by atoms with Gasteiger partial charge in [0.25, 0.3) is 5.69 Å². The Kier molecular flexibility index (Phi) is 2.37. The van der Waals surface area contributed by atoms with Crippen LogP contribution in [-0.4, -0.2) is 20.9 Å². The molecular weight excluding hydrogens is 190 g/mol. The topological polar surface area (TPSA) is 101 Å². The number of nitro groups is 1. The Morgan fingerprint density at radius 3 is 2.43 bits per heavy atom. The molecule has 0 aromatic heterocycles. The fraction of sp³-hybridized carbons (Fsp3) is 0.125. The van der Waals surface area contributed by atoms with Crippen molar-refractivity contribution in [3.63, 3.8) is 0 Å². The molecule has 74 valence electrons. The van der Waals surface area contributed by atoms with Gasteiger partial charge in [0.2, 0.25) is 0 Å². The second-order valence-electron chi connectivity index (χ2n) is 2.67. The van der Waals surface area contributed by atoms with E-state index in [9.17, 15) is 20.0 Å². The Morgan fingerprint density at radius 1 is 1.43 bits per heavy atom. The molecule has 6 heteroatoms. The summed E-state index contributed by atoms with van der Waals surface area (Å²) in [7, 11) is 0. The zero-order valence-corrected chi connectivity index (χ0v) is 7.22. The van der Waals surface area contributed by atoms with Crippen molar-refractivity contribution in [3.8, 4) is 11.5 Å². The maximum atomic E-state index is 10.9. The van der Waals surface area contributed by atoms with E-state index in [0.29, 0.717) is 0 Å². The molecule has 0 saturated carbocycles. The van der Waals surface area contributed by atoms with E-state index in [-0.39, 0.29) is 5.56 Å². The van der Waals surface area contributed by atoms with Crippen molar-refractivity contribution in [2.75, 3.05) is 0 Å². The minimum atomic E-state index is -0.758. The van der Waals surface area contributed by atoms with Crippen LogP contribution in [0.5, 0.6) is 11.5 Å². The highest BCUT2D eigenvalue weighted by Gasteiger charge is 2.17. The lowest BCUT2D eigenvalue weighted by Gasteiger charge is -2.02. The van der Waals surface area contributed by atoms with Gasteiger partial charge in [-0.15, -0.1) is 0 Å². The van der Waals surface area contributed by atoms with Crippen molar-refractivity contribution in [1.29, 1.82) is 0 Å². The largest absolute Gasteiger partial charge is 0.504 e. The summed E-state index contributed by atoms with van der Waals surface area (Å²) in [6.07, 6.45) is 0. The van der Waals surface area contributed by atoms with Crippen LogP contribution in [0.4, 0.5) is 5.69 Å². The molecule has 0 amide bonds. The molecule has 0 bridgehead atoms. The first-order valence-corrected chi connectivity index (χ1v) is 3.64. The van der Waals surface area contributed by atoms with E-state index < -0.39 is 27.9 Å². The molecule has 0 fully saturated rings. The number of rotatable bonds is 2. The predicted molar refractivity (Wildman–Crippen MR) is 46.4 cm³/mol. The second kappa shape index (κ2) is 3.33. The fourth-order valence-electron chi connectivity index (χ4n) is 0.978. The lowest BCUT2D eigenvalue weighted by atomic mass is 10.1. The number of phenolic OH excluding ortho intramolecular Hbond substituents is 2. The molecule has 0 heterocycles. The molecule has 6 nitrogen and oxygen atoms in total. The van der Waals surface area contributed by atoms with Crippen molar-refractivity contribution in [2.24, 2.45) is 0 Å². The van der Waals surface area contributed by atoms with Gasteiger partial charge >= 0.3 is 0 Å². The molecule has 0 aliphatic rings. The summed E-state index contributed by atoms with van der Waals surface area (Å²) in [5, 5.41) is 28.6. The number of nitrogens with zero attached hydrogens (tertiary/aromatic N) is 1. The predicted octanol–water partition coefficient (Wildman–Crippen LogP) is 1.21. The van der Waals surface area contributed by atoms with E-state index in [1.807, 2.05) is 0 Å². The van der Waals surface area contributed by atoms with Crippen LogP contribution in [0.1, 0.15) is 17.3 Å². The molecule has 0 aliphatic carbocycles. The number of carbonyl (C=O) groups excluding carboxylic acids is 1. The molecule has 0 atom stereocenters. The van der Waals surface area contributed by atoms with Gasteiger partial charge in [-0.2, -0.15) is 0 Å². The maximum absolute atomic E-state index is 10.9. The van der Waals surface area contributed by atoms with Gasteiger partial charge in [-0.1, -0.05) is 0 Å². The Bertz CT molecular complexity index is 412. The zero-order valence-electron chi connectivity index (χ0n) is 7.22. The first-order chi connectivity index (χ1) is 6.43. The quantitative estimate of drug-likeness (QED) is 0.321. The molecule has 1 aromatic carbocycles. The molecule has 2 N–H and O–H groups in total. The number of phenols is 2. The van der Waals surface area contributed by atoms with Crippen LogP contribution in [0.25, 0.3) is 0 Å². The van der Waals surface area contributed by atoms with Crippen molar-refractivity contribution in [2.45, 2.75) is 6.92 Å². The highest BCUT2D eigenvalue weighted by molar-refractivity contribution is 5.98.